The summed E-state index contributed by atoms with van der Waals surface area (Å²) in [5.74, 6) is 1.93. The first-order valence-corrected chi connectivity index (χ1v) is 7.92. The van der Waals surface area contributed by atoms with E-state index in [-0.39, 0.29) is 12.7 Å². The van der Waals surface area contributed by atoms with Crippen molar-refractivity contribution in [3.8, 4) is 5.75 Å². The molecule has 0 aliphatic carbocycles. The highest BCUT2D eigenvalue weighted by molar-refractivity contribution is 5.77. The Morgan fingerprint density at radius 1 is 1.29 bits per heavy atom. The fourth-order valence-electron chi connectivity index (χ4n) is 2.50. The fourth-order valence-corrected chi connectivity index (χ4v) is 2.50. The Kier molecular flexibility index (Phi) is 5.62. The van der Waals surface area contributed by atoms with Gasteiger partial charge in [0.05, 0.1) is 17.1 Å². The number of aliphatic hydroxyl groups excluding tert-OH is 1. The molecule has 4 heteroatoms. The summed E-state index contributed by atoms with van der Waals surface area (Å²) in [6.07, 6.45) is 4.04. The molecule has 2 aromatic rings. The van der Waals surface area contributed by atoms with Crippen LogP contribution in [0.1, 0.15) is 45.9 Å². The van der Waals surface area contributed by atoms with Gasteiger partial charge in [-0.1, -0.05) is 13.3 Å². The van der Waals surface area contributed by atoms with Crippen molar-refractivity contribution in [3.05, 3.63) is 24.0 Å². The van der Waals surface area contributed by atoms with Gasteiger partial charge in [0.2, 0.25) is 0 Å². The van der Waals surface area contributed by atoms with Crippen molar-refractivity contribution in [2.75, 3.05) is 6.61 Å². The second kappa shape index (κ2) is 7.46. The summed E-state index contributed by atoms with van der Waals surface area (Å²) in [4.78, 5) is 4.74. The van der Waals surface area contributed by atoms with Crippen molar-refractivity contribution in [1.82, 2.24) is 9.55 Å². The predicted octanol–water partition coefficient (Wildman–Crippen LogP) is 3.55. The Morgan fingerprint density at radius 3 is 2.76 bits per heavy atom. The first kappa shape index (κ1) is 15.8. The van der Waals surface area contributed by atoms with E-state index in [0.29, 0.717) is 0 Å². The van der Waals surface area contributed by atoms with Gasteiger partial charge in [0.15, 0.2) is 0 Å². The van der Waals surface area contributed by atoms with Crippen molar-refractivity contribution >= 4 is 11.0 Å². The molecular weight excluding hydrogens is 264 g/mol. The maximum absolute atomic E-state index is 9.06. The third-order valence-electron chi connectivity index (χ3n) is 3.46. The van der Waals surface area contributed by atoms with Gasteiger partial charge in [-0.05, 0) is 38.8 Å². The van der Waals surface area contributed by atoms with Gasteiger partial charge in [-0.3, -0.25) is 0 Å². The van der Waals surface area contributed by atoms with E-state index in [1.54, 1.807) is 0 Å². The summed E-state index contributed by atoms with van der Waals surface area (Å²) in [5.41, 5.74) is 2.14. The number of ether oxygens (including phenoxy) is 1. The van der Waals surface area contributed by atoms with Crippen LogP contribution >= 0.6 is 0 Å². The first-order chi connectivity index (χ1) is 10.2. The smallest absolute Gasteiger partial charge is 0.121 e. The molecule has 4 nitrogen and oxygen atoms in total. The molecule has 2 rings (SSSR count). The van der Waals surface area contributed by atoms with E-state index in [2.05, 4.69) is 17.6 Å². The molecule has 0 radical (unpaired) electrons. The lowest BCUT2D eigenvalue weighted by atomic mass is 10.2. The maximum atomic E-state index is 9.06. The van der Waals surface area contributed by atoms with Gasteiger partial charge in [0.25, 0.3) is 0 Å². The topological polar surface area (TPSA) is 47.3 Å². The minimum Gasteiger partial charge on any atom is -0.491 e. The third kappa shape index (κ3) is 3.97. The largest absolute Gasteiger partial charge is 0.491 e. The quantitative estimate of drug-likeness (QED) is 0.808. The van der Waals surface area contributed by atoms with Crippen LogP contribution < -0.4 is 4.74 Å². The van der Waals surface area contributed by atoms with Gasteiger partial charge in [-0.15, -0.1) is 0 Å². The molecule has 0 bridgehead atoms. The molecule has 116 valence electrons. The lowest BCUT2D eigenvalue weighted by Crippen LogP contribution is -2.06. The van der Waals surface area contributed by atoms with Crippen LogP contribution in [0.5, 0.6) is 5.75 Å². The molecule has 0 amide bonds. The van der Waals surface area contributed by atoms with E-state index in [9.17, 15) is 0 Å². The highest BCUT2D eigenvalue weighted by Crippen LogP contribution is 2.24. The highest BCUT2D eigenvalue weighted by atomic mass is 16.5. The molecule has 0 aliphatic rings. The van der Waals surface area contributed by atoms with Gasteiger partial charge < -0.3 is 14.4 Å². The van der Waals surface area contributed by atoms with Crippen molar-refractivity contribution in [2.45, 2.75) is 59.1 Å². The highest BCUT2D eigenvalue weighted by Gasteiger charge is 2.11. The first-order valence-electron chi connectivity index (χ1n) is 7.92. The number of fused-ring (bicyclic) bond motifs is 1. The molecule has 1 aromatic heterocycles. The fraction of sp³-hybridized carbons (Fsp3) is 0.588. The number of rotatable bonds is 8. The number of aryl methyl sites for hydroxylation is 2. The molecule has 0 fully saturated rings. The number of nitrogens with zero attached hydrogens (tertiary/aromatic N) is 2. The van der Waals surface area contributed by atoms with Crippen LogP contribution in [0.2, 0.25) is 0 Å². The van der Waals surface area contributed by atoms with Crippen LogP contribution in [0.3, 0.4) is 0 Å². The summed E-state index contributed by atoms with van der Waals surface area (Å²) < 4.78 is 8.03. The summed E-state index contributed by atoms with van der Waals surface area (Å²) >= 11 is 0. The van der Waals surface area contributed by atoms with Gasteiger partial charge in [0, 0.05) is 25.6 Å². The minimum atomic E-state index is 0.165. The number of aromatic nitrogens is 2. The maximum Gasteiger partial charge on any atom is 0.121 e. The predicted molar refractivity (Wildman–Crippen MR) is 85.8 cm³/mol. The third-order valence-corrected chi connectivity index (χ3v) is 3.46. The molecule has 21 heavy (non-hydrogen) atoms. The number of hydrogen-bond donors (Lipinski definition) is 1. The molecule has 0 aliphatic heterocycles. The van der Waals surface area contributed by atoms with E-state index >= 15 is 0 Å². The van der Waals surface area contributed by atoms with Crippen molar-refractivity contribution in [3.63, 3.8) is 0 Å². The Bertz CT molecular complexity index is 575. The molecular formula is C17H26N2O2. The Labute approximate surface area is 126 Å². The molecule has 0 spiro atoms. The van der Waals surface area contributed by atoms with E-state index < -0.39 is 0 Å². The Morgan fingerprint density at radius 2 is 2.10 bits per heavy atom. The summed E-state index contributed by atoms with van der Waals surface area (Å²) in [5, 5.41) is 9.06. The molecule has 0 saturated heterocycles. The number of imidazole rings is 1. The number of unbranched alkanes of at least 4 members (excludes halogenated alkanes) is 1. The van der Waals surface area contributed by atoms with Crippen LogP contribution in [0.15, 0.2) is 18.2 Å². The average Bonchev–Trinajstić information content (AvgIpc) is 2.79. The van der Waals surface area contributed by atoms with E-state index in [0.717, 1.165) is 54.8 Å². The summed E-state index contributed by atoms with van der Waals surface area (Å²) in [7, 11) is 0. The van der Waals surface area contributed by atoms with Crippen LogP contribution in [0, 0.1) is 0 Å². The SMILES string of the molecule is CCCCn1c(CCCO)nc2cc(OC(C)C)ccc21. The zero-order chi connectivity index (χ0) is 15.2. The van der Waals surface area contributed by atoms with Crippen molar-refractivity contribution in [1.29, 1.82) is 0 Å². The van der Waals surface area contributed by atoms with E-state index in [1.807, 2.05) is 26.0 Å². The van der Waals surface area contributed by atoms with Crippen LogP contribution in [0.4, 0.5) is 0 Å². The number of benzene rings is 1. The van der Waals surface area contributed by atoms with Crippen LogP contribution in [0.25, 0.3) is 11.0 Å². The second-order valence-corrected chi connectivity index (χ2v) is 5.68. The lowest BCUT2D eigenvalue weighted by Gasteiger charge is -2.10. The molecule has 0 atom stereocenters. The molecule has 1 N–H and O–H groups in total. The molecule has 0 unspecified atom stereocenters. The Balaban J connectivity index is 2.35. The molecule has 1 aromatic carbocycles. The van der Waals surface area contributed by atoms with Gasteiger partial charge in [-0.25, -0.2) is 4.98 Å². The number of hydrogen-bond acceptors (Lipinski definition) is 3. The Hall–Kier alpha value is -1.55. The van der Waals surface area contributed by atoms with Gasteiger partial charge in [-0.2, -0.15) is 0 Å². The lowest BCUT2D eigenvalue weighted by molar-refractivity contribution is 0.242. The summed E-state index contributed by atoms with van der Waals surface area (Å²) in [6.45, 7) is 7.44. The van der Waals surface area contributed by atoms with Gasteiger partial charge in [0.1, 0.15) is 11.6 Å². The van der Waals surface area contributed by atoms with Crippen molar-refractivity contribution < 1.29 is 9.84 Å². The molecule has 1 heterocycles. The monoisotopic (exact) mass is 290 g/mol. The second-order valence-electron chi connectivity index (χ2n) is 5.68. The zero-order valence-electron chi connectivity index (χ0n) is 13.3. The summed E-state index contributed by atoms with van der Waals surface area (Å²) in [6, 6.07) is 6.13. The number of aliphatic hydroxyl groups is 1. The minimum absolute atomic E-state index is 0.165. The van der Waals surface area contributed by atoms with Crippen molar-refractivity contribution in [2.24, 2.45) is 0 Å². The standard InChI is InChI=1S/C17H26N2O2/c1-4-5-10-19-16-9-8-14(21-13(2)3)12-15(16)18-17(19)7-6-11-20/h8-9,12-13,20H,4-7,10-11H2,1-3H3. The van der Waals surface area contributed by atoms with E-state index in [1.165, 1.54) is 0 Å². The normalized spacial score (nSPS) is 11.5. The average molecular weight is 290 g/mol. The molecule has 0 saturated carbocycles. The zero-order valence-corrected chi connectivity index (χ0v) is 13.3. The van der Waals surface area contributed by atoms with Crippen LogP contribution in [-0.4, -0.2) is 27.4 Å². The van der Waals surface area contributed by atoms with Crippen LogP contribution in [-0.2, 0) is 13.0 Å². The van der Waals surface area contributed by atoms with E-state index in [4.69, 9.17) is 14.8 Å². The van der Waals surface area contributed by atoms with Gasteiger partial charge >= 0.3 is 0 Å².